The molecule has 0 unspecified atom stereocenters. The maximum absolute atomic E-state index is 11.6. The SMILES string of the molecule is Cc1cc(OCC(=O)NC(C)(C)C)ccc1C(=O)O. The Labute approximate surface area is 112 Å². The van der Waals surface area contributed by atoms with Crippen molar-refractivity contribution in [3.05, 3.63) is 29.3 Å². The predicted molar refractivity (Wildman–Crippen MR) is 71.5 cm³/mol. The summed E-state index contributed by atoms with van der Waals surface area (Å²) in [5.41, 5.74) is 0.525. The molecule has 104 valence electrons. The highest BCUT2D eigenvalue weighted by molar-refractivity contribution is 5.89. The van der Waals surface area contributed by atoms with Crippen LogP contribution in [0.25, 0.3) is 0 Å². The van der Waals surface area contributed by atoms with Crippen molar-refractivity contribution in [3.63, 3.8) is 0 Å². The van der Waals surface area contributed by atoms with E-state index in [-0.39, 0.29) is 23.6 Å². The van der Waals surface area contributed by atoms with E-state index in [9.17, 15) is 9.59 Å². The molecule has 1 aromatic carbocycles. The molecule has 0 bridgehead atoms. The molecule has 5 nitrogen and oxygen atoms in total. The van der Waals surface area contributed by atoms with Crippen LogP contribution in [0, 0.1) is 6.92 Å². The lowest BCUT2D eigenvalue weighted by Gasteiger charge is -2.20. The van der Waals surface area contributed by atoms with Gasteiger partial charge in [0.05, 0.1) is 5.56 Å². The molecule has 1 amide bonds. The molecule has 19 heavy (non-hydrogen) atoms. The zero-order valence-electron chi connectivity index (χ0n) is 11.6. The number of amides is 1. The fourth-order valence-electron chi connectivity index (χ4n) is 1.57. The minimum absolute atomic E-state index is 0.0941. The smallest absolute Gasteiger partial charge is 0.335 e. The van der Waals surface area contributed by atoms with Crippen molar-refractivity contribution in [1.82, 2.24) is 5.32 Å². The van der Waals surface area contributed by atoms with Gasteiger partial charge >= 0.3 is 5.97 Å². The van der Waals surface area contributed by atoms with E-state index in [4.69, 9.17) is 9.84 Å². The van der Waals surface area contributed by atoms with E-state index < -0.39 is 5.97 Å². The van der Waals surface area contributed by atoms with Gasteiger partial charge in [-0.3, -0.25) is 4.79 Å². The Balaban J connectivity index is 2.62. The lowest BCUT2D eigenvalue weighted by atomic mass is 10.1. The largest absolute Gasteiger partial charge is 0.484 e. The van der Waals surface area contributed by atoms with Crippen molar-refractivity contribution in [2.24, 2.45) is 0 Å². The minimum Gasteiger partial charge on any atom is -0.484 e. The second-order valence-electron chi connectivity index (χ2n) is 5.37. The van der Waals surface area contributed by atoms with Crippen LogP contribution in [0.2, 0.25) is 0 Å². The van der Waals surface area contributed by atoms with Crippen LogP contribution in [0.5, 0.6) is 5.75 Å². The van der Waals surface area contributed by atoms with E-state index >= 15 is 0 Å². The highest BCUT2D eigenvalue weighted by Crippen LogP contribution is 2.17. The van der Waals surface area contributed by atoms with Crippen LogP contribution in [0.15, 0.2) is 18.2 Å². The number of benzene rings is 1. The first-order chi connectivity index (χ1) is 8.69. The van der Waals surface area contributed by atoms with Crippen LogP contribution in [0.1, 0.15) is 36.7 Å². The number of aromatic carboxylic acids is 1. The topological polar surface area (TPSA) is 75.6 Å². The van der Waals surface area contributed by atoms with Gasteiger partial charge in [0.1, 0.15) is 5.75 Å². The fourth-order valence-corrected chi connectivity index (χ4v) is 1.57. The molecule has 0 spiro atoms. The molecule has 0 heterocycles. The van der Waals surface area contributed by atoms with Gasteiger partial charge < -0.3 is 15.2 Å². The molecule has 0 aliphatic rings. The molecule has 1 rings (SSSR count). The van der Waals surface area contributed by atoms with E-state index in [0.29, 0.717) is 11.3 Å². The van der Waals surface area contributed by atoms with Crippen LogP contribution in [0.3, 0.4) is 0 Å². The first kappa shape index (κ1) is 15.0. The number of hydrogen-bond donors (Lipinski definition) is 2. The summed E-state index contributed by atoms with van der Waals surface area (Å²) >= 11 is 0. The highest BCUT2D eigenvalue weighted by atomic mass is 16.5. The van der Waals surface area contributed by atoms with Gasteiger partial charge in [-0.1, -0.05) is 0 Å². The van der Waals surface area contributed by atoms with E-state index in [2.05, 4.69) is 5.32 Å². The van der Waals surface area contributed by atoms with Crippen molar-refractivity contribution in [3.8, 4) is 5.75 Å². The maximum atomic E-state index is 11.6. The van der Waals surface area contributed by atoms with Crippen LogP contribution >= 0.6 is 0 Å². The molecule has 0 aliphatic heterocycles. The lowest BCUT2D eigenvalue weighted by molar-refractivity contribution is -0.124. The summed E-state index contributed by atoms with van der Waals surface area (Å²) in [6.45, 7) is 7.25. The number of hydrogen-bond acceptors (Lipinski definition) is 3. The van der Waals surface area contributed by atoms with Crippen LogP contribution in [-0.2, 0) is 4.79 Å². The first-order valence-corrected chi connectivity index (χ1v) is 5.97. The quantitative estimate of drug-likeness (QED) is 0.873. The molecule has 0 aliphatic carbocycles. The van der Waals surface area contributed by atoms with E-state index in [0.717, 1.165) is 0 Å². The number of carboxylic acids is 1. The van der Waals surface area contributed by atoms with Gasteiger partial charge in [0, 0.05) is 5.54 Å². The van der Waals surface area contributed by atoms with Crippen LogP contribution in [-0.4, -0.2) is 29.1 Å². The molecule has 0 fully saturated rings. The first-order valence-electron chi connectivity index (χ1n) is 5.97. The Morgan fingerprint density at radius 2 is 1.95 bits per heavy atom. The van der Waals surface area contributed by atoms with Gasteiger partial charge in [-0.15, -0.1) is 0 Å². The number of ether oxygens (including phenoxy) is 1. The standard InChI is InChI=1S/C14H19NO4/c1-9-7-10(5-6-11(9)13(17)18)19-8-12(16)15-14(2,3)4/h5-7H,8H2,1-4H3,(H,15,16)(H,17,18). The number of nitrogens with one attached hydrogen (secondary N) is 1. The summed E-state index contributed by atoms with van der Waals surface area (Å²) in [4.78, 5) is 22.4. The Hall–Kier alpha value is -2.04. The normalized spacial score (nSPS) is 10.9. The summed E-state index contributed by atoms with van der Waals surface area (Å²) in [7, 11) is 0. The molecule has 0 aromatic heterocycles. The number of carboxylic acid groups (broad SMARTS) is 1. The average Bonchev–Trinajstić information content (AvgIpc) is 2.23. The third-order valence-electron chi connectivity index (χ3n) is 2.31. The third kappa shape index (κ3) is 4.99. The van der Waals surface area contributed by atoms with Crippen molar-refractivity contribution in [2.75, 3.05) is 6.61 Å². The van der Waals surface area contributed by atoms with Crippen LogP contribution < -0.4 is 10.1 Å². The van der Waals surface area contributed by atoms with E-state index in [1.165, 1.54) is 6.07 Å². The van der Waals surface area contributed by atoms with Gasteiger partial charge in [-0.25, -0.2) is 4.79 Å². The number of aryl methyl sites for hydroxylation is 1. The molecule has 2 N–H and O–H groups in total. The monoisotopic (exact) mass is 265 g/mol. The second kappa shape index (κ2) is 5.73. The Kier molecular flexibility index (Phi) is 4.53. The second-order valence-corrected chi connectivity index (χ2v) is 5.37. The zero-order valence-corrected chi connectivity index (χ0v) is 11.6. The van der Waals surface area contributed by atoms with Gasteiger partial charge in [-0.05, 0) is 51.5 Å². The van der Waals surface area contributed by atoms with Crippen molar-refractivity contribution >= 4 is 11.9 Å². The summed E-state index contributed by atoms with van der Waals surface area (Å²) in [5, 5.41) is 11.7. The summed E-state index contributed by atoms with van der Waals surface area (Å²) < 4.78 is 5.32. The van der Waals surface area contributed by atoms with Gasteiger partial charge in [0.15, 0.2) is 6.61 Å². The molecule has 5 heteroatoms. The van der Waals surface area contributed by atoms with Gasteiger partial charge in [0.25, 0.3) is 5.91 Å². The fraction of sp³-hybridized carbons (Fsp3) is 0.429. The van der Waals surface area contributed by atoms with E-state index in [1.807, 2.05) is 20.8 Å². The maximum Gasteiger partial charge on any atom is 0.335 e. The van der Waals surface area contributed by atoms with Gasteiger partial charge in [0.2, 0.25) is 0 Å². The number of carbonyl (C=O) groups excluding carboxylic acids is 1. The predicted octanol–water partition coefficient (Wildman–Crippen LogP) is 1.99. The van der Waals surface area contributed by atoms with Gasteiger partial charge in [-0.2, -0.15) is 0 Å². The Bertz CT molecular complexity index is 489. The molecule has 1 aromatic rings. The van der Waals surface area contributed by atoms with Crippen molar-refractivity contribution in [1.29, 1.82) is 0 Å². The molecule has 0 radical (unpaired) electrons. The molecular weight excluding hydrogens is 246 g/mol. The molecule has 0 saturated carbocycles. The molecule has 0 atom stereocenters. The lowest BCUT2D eigenvalue weighted by Crippen LogP contribution is -2.43. The third-order valence-corrected chi connectivity index (χ3v) is 2.31. The summed E-state index contributed by atoms with van der Waals surface area (Å²) in [6.07, 6.45) is 0. The van der Waals surface area contributed by atoms with E-state index in [1.54, 1.807) is 19.1 Å². The summed E-state index contributed by atoms with van der Waals surface area (Å²) in [5.74, 6) is -0.714. The number of carbonyl (C=O) groups is 2. The molecular formula is C14H19NO4. The minimum atomic E-state index is -0.977. The highest BCUT2D eigenvalue weighted by Gasteiger charge is 2.14. The number of rotatable bonds is 4. The molecule has 0 saturated heterocycles. The van der Waals surface area contributed by atoms with Crippen molar-refractivity contribution < 1.29 is 19.4 Å². The Morgan fingerprint density at radius 3 is 2.42 bits per heavy atom. The zero-order chi connectivity index (χ0) is 14.6. The summed E-state index contributed by atoms with van der Waals surface area (Å²) in [6, 6.07) is 4.61. The van der Waals surface area contributed by atoms with Crippen molar-refractivity contribution in [2.45, 2.75) is 33.2 Å². The average molecular weight is 265 g/mol. The Morgan fingerprint density at radius 1 is 1.32 bits per heavy atom. The van der Waals surface area contributed by atoms with Crippen LogP contribution in [0.4, 0.5) is 0 Å².